The maximum Gasteiger partial charge on any atom is 1.00 e. The number of rotatable bonds is 2. The van der Waals surface area contributed by atoms with Crippen LogP contribution in [0.5, 0.6) is 0 Å². The Morgan fingerprint density at radius 3 is 2.50 bits per heavy atom. The van der Waals surface area contributed by atoms with E-state index in [-0.39, 0.29) is 36.9 Å². The van der Waals surface area contributed by atoms with Gasteiger partial charge in [-0.2, -0.15) is 8.42 Å². The number of likely N-dealkylation sites (N-methyl/N-ethyl adjacent to an activating group) is 1. The van der Waals surface area contributed by atoms with Crippen LogP contribution in [0.1, 0.15) is 13.9 Å². The molecule has 7 heteroatoms. The number of amides is 1. The van der Waals surface area contributed by atoms with E-state index < -0.39 is 21.3 Å². The first-order valence-electron chi connectivity index (χ1n) is 5.08. The predicted molar refractivity (Wildman–Crippen MR) is 64.7 cm³/mol. The molecule has 1 heterocycles. The Kier molecular flexibility index (Phi) is 4.30. The standard InChI is InChI=1S/C11H13NO4S.Na.H/c1-11(7-17(14,15)16)8-5-3-4-6-9(8)12(2)10(11)13;;/h3-6H,7H2,1-2H3,(H,14,15,16);;/q;+1;-1. The monoisotopic (exact) mass is 279 g/mol. The normalized spacial score (nSPS) is 22.6. The average molecular weight is 279 g/mol. The van der Waals surface area contributed by atoms with Gasteiger partial charge in [-0.15, -0.1) is 0 Å². The third-order valence-corrected chi connectivity index (χ3v) is 4.05. The zero-order valence-corrected chi connectivity index (χ0v) is 13.4. The van der Waals surface area contributed by atoms with Crippen molar-refractivity contribution in [3.8, 4) is 0 Å². The van der Waals surface area contributed by atoms with E-state index >= 15 is 0 Å². The third kappa shape index (κ3) is 2.48. The van der Waals surface area contributed by atoms with E-state index in [4.69, 9.17) is 4.55 Å². The van der Waals surface area contributed by atoms with Crippen LogP contribution in [-0.2, 0) is 20.3 Å². The summed E-state index contributed by atoms with van der Waals surface area (Å²) < 4.78 is 31.1. The molecule has 0 saturated heterocycles. The second kappa shape index (κ2) is 4.94. The summed E-state index contributed by atoms with van der Waals surface area (Å²) in [5.74, 6) is -0.920. The molecular weight excluding hydrogens is 265 g/mol. The second-order valence-electron chi connectivity index (χ2n) is 4.44. The molecule has 0 aromatic heterocycles. The number of para-hydroxylation sites is 1. The fourth-order valence-electron chi connectivity index (χ4n) is 2.33. The molecule has 1 unspecified atom stereocenters. The van der Waals surface area contributed by atoms with Gasteiger partial charge in [0.2, 0.25) is 5.91 Å². The smallest absolute Gasteiger partial charge is 1.00 e. The molecule has 18 heavy (non-hydrogen) atoms. The summed E-state index contributed by atoms with van der Waals surface area (Å²) in [5.41, 5.74) is 0.104. The van der Waals surface area contributed by atoms with E-state index in [9.17, 15) is 13.2 Å². The van der Waals surface area contributed by atoms with E-state index in [0.29, 0.717) is 11.3 Å². The minimum atomic E-state index is -4.21. The molecule has 0 spiro atoms. The molecule has 5 nitrogen and oxygen atoms in total. The second-order valence-corrected chi connectivity index (χ2v) is 5.89. The Labute approximate surface area is 130 Å². The summed E-state index contributed by atoms with van der Waals surface area (Å²) in [5, 5.41) is 0. The molecule has 0 aliphatic carbocycles. The van der Waals surface area contributed by atoms with E-state index in [1.807, 2.05) is 0 Å². The van der Waals surface area contributed by atoms with Crippen LogP contribution in [-0.4, -0.2) is 31.7 Å². The average Bonchev–Trinajstić information content (AvgIpc) is 2.40. The molecular formula is C11H14NNaO4S. The Bertz CT molecular complexity index is 592. The van der Waals surface area contributed by atoms with E-state index in [0.717, 1.165) is 0 Å². The van der Waals surface area contributed by atoms with Crippen LogP contribution in [0.3, 0.4) is 0 Å². The van der Waals surface area contributed by atoms with Gasteiger partial charge in [0.25, 0.3) is 10.1 Å². The maximum atomic E-state index is 12.1. The summed E-state index contributed by atoms with van der Waals surface area (Å²) in [6, 6.07) is 6.99. The van der Waals surface area contributed by atoms with Crippen molar-refractivity contribution < 1.29 is 48.7 Å². The number of benzene rings is 1. The maximum absolute atomic E-state index is 12.1. The van der Waals surface area contributed by atoms with Crippen molar-refractivity contribution >= 4 is 21.7 Å². The number of hydrogen-bond acceptors (Lipinski definition) is 3. The predicted octanol–water partition coefficient (Wildman–Crippen LogP) is -2.07. The number of anilines is 1. The number of carbonyl (C=O) groups excluding carboxylic acids is 1. The fraction of sp³-hybridized carbons (Fsp3) is 0.364. The Balaban J connectivity index is 0.00000162. The van der Waals surface area contributed by atoms with Gasteiger partial charge in [-0.25, -0.2) is 0 Å². The molecule has 1 aliphatic rings. The van der Waals surface area contributed by atoms with Gasteiger partial charge >= 0.3 is 29.6 Å². The first kappa shape index (κ1) is 15.7. The van der Waals surface area contributed by atoms with Crippen LogP contribution in [0, 0.1) is 0 Å². The molecule has 1 aromatic carbocycles. The summed E-state index contributed by atoms with van der Waals surface area (Å²) in [6.07, 6.45) is 0. The van der Waals surface area contributed by atoms with Crippen molar-refractivity contribution in [1.82, 2.24) is 0 Å². The van der Waals surface area contributed by atoms with Crippen LogP contribution in [0.4, 0.5) is 5.69 Å². The summed E-state index contributed by atoms with van der Waals surface area (Å²) in [7, 11) is -2.62. The van der Waals surface area contributed by atoms with Gasteiger partial charge in [0.1, 0.15) is 0 Å². The van der Waals surface area contributed by atoms with Crippen molar-refractivity contribution in [3.05, 3.63) is 29.8 Å². The molecule has 0 saturated carbocycles. The van der Waals surface area contributed by atoms with E-state index in [1.54, 1.807) is 31.3 Å². The Morgan fingerprint density at radius 1 is 1.39 bits per heavy atom. The molecule has 1 atom stereocenters. The zero-order valence-electron chi connectivity index (χ0n) is 11.5. The van der Waals surface area contributed by atoms with Crippen molar-refractivity contribution in [1.29, 1.82) is 0 Å². The van der Waals surface area contributed by atoms with Crippen LogP contribution < -0.4 is 34.5 Å². The third-order valence-electron chi connectivity index (χ3n) is 3.11. The zero-order chi connectivity index (χ0) is 12.8. The van der Waals surface area contributed by atoms with Gasteiger partial charge in [-0.1, -0.05) is 18.2 Å². The van der Waals surface area contributed by atoms with Gasteiger partial charge < -0.3 is 6.33 Å². The quantitative estimate of drug-likeness (QED) is 0.498. The molecule has 0 bridgehead atoms. The molecule has 1 aromatic rings. The topological polar surface area (TPSA) is 74.7 Å². The van der Waals surface area contributed by atoms with Gasteiger partial charge in [0.15, 0.2) is 0 Å². The molecule has 94 valence electrons. The van der Waals surface area contributed by atoms with Crippen LogP contribution in [0.25, 0.3) is 0 Å². The van der Waals surface area contributed by atoms with Crippen molar-refractivity contribution in [2.24, 2.45) is 0 Å². The van der Waals surface area contributed by atoms with Crippen LogP contribution in [0.2, 0.25) is 0 Å². The minimum Gasteiger partial charge on any atom is -1.00 e. The first-order chi connectivity index (χ1) is 7.76. The number of carbonyl (C=O) groups is 1. The van der Waals surface area contributed by atoms with Gasteiger partial charge in [0.05, 0.1) is 11.2 Å². The number of fused-ring (bicyclic) bond motifs is 1. The SMILES string of the molecule is CN1C(=O)C(C)(CS(=O)(=O)O)c2ccccc21.[H-].[Na+]. The first-order valence-corrected chi connectivity index (χ1v) is 6.69. The number of hydrogen-bond donors (Lipinski definition) is 1. The summed E-state index contributed by atoms with van der Waals surface area (Å²) in [6.45, 7) is 1.53. The molecule has 1 amide bonds. The van der Waals surface area contributed by atoms with Crippen molar-refractivity contribution in [3.63, 3.8) is 0 Å². The minimum absolute atomic E-state index is 0. The van der Waals surface area contributed by atoms with E-state index in [2.05, 4.69) is 0 Å². The number of nitrogens with zero attached hydrogens (tertiary/aromatic N) is 1. The van der Waals surface area contributed by atoms with Crippen LogP contribution >= 0.6 is 0 Å². The van der Waals surface area contributed by atoms with Crippen LogP contribution in [0.15, 0.2) is 24.3 Å². The van der Waals surface area contributed by atoms with Gasteiger partial charge in [-0.05, 0) is 18.6 Å². The molecule has 0 fully saturated rings. The van der Waals surface area contributed by atoms with Gasteiger partial charge in [-0.3, -0.25) is 9.35 Å². The Morgan fingerprint density at radius 2 is 1.94 bits per heavy atom. The van der Waals surface area contributed by atoms with Crippen molar-refractivity contribution in [2.75, 3.05) is 17.7 Å². The molecule has 2 rings (SSSR count). The molecule has 1 N–H and O–H groups in total. The fourth-order valence-corrected chi connectivity index (χ4v) is 3.34. The Hall–Kier alpha value is -0.400. The summed E-state index contributed by atoms with van der Waals surface area (Å²) in [4.78, 5) is 13.5. The van der Waals surface area contributed by atoms with Crippen molar-refractivity contribution in [2.45, 2.75) is 12.3 Å². The van der Waals surface area contributed by atoms with E-state index in [1.165, 1.54) is 11.8 Å². The molecule has 1 aliphatic heterocycles. The van der Waals surface area contributed by atoms with Gasteiger partial charge in [0, 0.05) is 12.7 Å². The summed E-state index contributed by atoms with van der Waals surface area (Å²) >= 11 is 0. The largest absolute Gasteiger partial charge is 1.00 e. The molecule has 0 radical (unpaired) electrons.